The van der Waals surface area contributed by atoms with Crippen LogP contribution in [0.3, 0.4) is 0 Å². The molecule has 6 nitrogen and oxygen atoms in total. The summed E-state index contributed by atoms with van der Waals surface area (Å²) in [6.45, 7) is 9.85. The molecule has 1 N–H and O–H groups in total. The minimum Gasteiger partial charge on any atom is -0.377 e. The zero-order valence-corrected chi connectivity index (χ0v) is 14.4. The molecule has 2 aromatic heterocycles. The second-order valence-electron chi connectivity index (χ2n) is 4.79. The first kappa shape index (κ1) is 16.6. The van der Waals surface area contributed by atoms with Crippen LogP contribution in [-0.4, -0.2) is 32.5 Å². The van der Waals surface area contributed by atoms with E-state index in [1.807, 2.05) is 30.7 Å². The Labute approximate surface area is 138 Å². The molecule has 0 radical (unpaired) electrons. The third-order valence-electron chi connectivity index (χ3n) is 3.04. The zero-order valence-electron chi connectivity index (χ0n) is 12.8. The van der Waals surface area contributed by atoms with E-state index < -0.39 is 0 Å². The monoisotopic (exact) mass is 365 g/mol. The largest absolute Gasteiger partial charge is 0.377 e. The Hall–Kier alpha value is -1.73. The van der Waals surface area contributed by atoms with Crippen LogP contribution in [0.15, 0.2) is 29.6 Å². The van der Waals surface area contributed by atoms with E-state index in [1.54, 1.807) is 6.08 Å². The fourth-order valence-corrected chi connectivity index (χ4v) is 2.38. The molecule has 0 aliphatic heterocycles. The lowest BCUT2D eigenvalue weighted by molar-refractivity contribution is 0.0612. The Morgan fingerprint density at radius 1 is 1.45 bits per heavy atom. The molecule has 0 aliphatic carbocycles. The number of nitrogens with zero attached hydrogens (tertiary/aromatic N) is 4. The van der Waals surface area contributed by atoms with Crippen molar-refractivity contribution >= 4 is 27.8 Å². The van der Waals surface area contributed by atoms with E-state index in [9.17, 15) is 0 Å². The van der Waals surface area contributed by atoms with Crippen molar-refractivity contribution in [3.8, 4) is 0 Å². The van der Waals surface area contributed by atoms with Crippen LogP contribution in [0.1, 0.15) is 25.2 Å². The highest BCUT2D eigenvalue weighted by atomic mass is 79.9. The van der Waals surface area contributed by atoms with Crippen molar-refractivity contribution in [3.63, 3.8) is 0 Å². The van der Waals surface area contributed by atoms with Gasteiger partial charge in [0.2, 0.25) is 0 Å². The Bertz CT molecular complexity index is 628. The summed E-state index contributed by atoms with van der Waals surface area (Å²) in [4.78, 5) is 8.14. The summed E-state index contributed by atoms with van der Waals surface area (Å²) >= 11 is 3.32. The Morgan fingerprint density at radius 2 is 2.27 bits per heavy atom. The highest BCUT2D eigenvalue weighted by Crippen LogP contribution is 2.12. The van der Waals surface area contributed by atoms with E-state index in [2.05, 4.69) is 42.9 Å². The van der Waals surface area contributed by atoms with Gasteiger partial charge in [-0.2, -0.15) is 5.10 Å². The third-order valence-corrected chi connectivity index (χ3v) is 3.47. The third kappa shape index (κ3) is 4.64. The van der Waals surface area contributed by atoms with Gasteiger partial charge in [0.05, 0.1) is 30.6 Å². The second kappa shape index (κ2) is 8.05. The van der Waals surface area contributed by atoms with Gasteiger partial charge in [-0.3, -0.25) is 4.68 Å². The molecular formula is C15H20BrN5O. The second-order valence-corrected chi connectivity index (χ2v) is 5.60. The molecule has 2 aromatic rings. The van der Waals surface area contributed by atoms with Gasteiger partial charge in [0.1, 0.15) is 16.7 Å². The van der Waals surface area contributed by atoms with Crippen LogP contribution in [0.5, 0.6) is 0 Å². The van der Waals surface area contributed by atoms with E-state index in [0.29, 0.717) is 19.7 Å². The molecule has 22 heavy (non-hydrogen) atoms. The van der Waals surface area contributed by atoms with Crippen molar-refractivity contribution in [1.82, 2.24) is 19.7 Å². The molecular weight excluding hydrogens is 346 g/mol. The van der Waals surface area contributed by atoms with Gasteiger partial charge in [-0.1, -0.05) is 6.58 Å². The molecule has 7 heteroatoms. The van der Waals surface area contributed by atoms with Crippen molar-refractivity contribution in [2.24, 2.45) is 0 Å². The number of hydrogen-bond donors (Lipinski definition) is 1. The highest BCUT2D eigenvalue weighted by molar-refractivity contribution is 9.10. The maximum atomic E-state index is 5.56. The van der Waals surface area contributed by atoms with Gasteiger partial charge in [0.15, 0.2) is 0 Å². The van der Waals surface area contributed by atoms with Crippen molar-refractivity contribution in [1.29, 1.82) is 0 Å². The molecule has 2 heterocycles. The van der Waals surface area contributed by atoms with E-state index in [-0.39, 0.29) is 6.10 Å². The Balaban J connectivity index is 2.02. The van der Waals surface area contributed by atoms with Crippen LogP contribution < -0.4 is 5.32 Å². The standard InChI is InChI=1S/C15H20BrN5O/c1-4-13-6-12(20-21(13)9-11(3)22-5-2)8-17-15-7-14(16)18-10-19-15/h4,6-7,10-11H,1,5,8-9H2,2-3H3,(H,17,18,19). The van der Waals surface area contributed by atoms with Gasteiger partial charge in [-0.15, -0.1) is 0 Å². The van der Waals surface area contributed by atoms with Crippen molar-refractivity contribution in [3.05, 3.63) is 41.0 Å². The molecule has 0 spiro atoms. The summed E-state index contributed by atoms with van der Waals surface area (Å²) in [5, 5.41) is 7.81. The fraction of sp³-hybridized carbons (Fsp3) is 0.400. The lowest BCUT2D eigenvalue weighted by Gasteiger charge is -2.12. The lowest BCUT2D eigenvalue weighted by Crippen LogP contribution is -2.18. The highest BCUT2D eigenvalue weighted by Gasteiger charge is 2.09. The number of halogens is 1. The molecule has 2 rings (SSSR count). The van der Waals surface area contributed by atoms with Gasteiger partial charge >= 0.3 is 0 Å². The molecule has 0 aromatic carbocycles. The normalized spacial score (nSPS) is 12.1. The molecule has 0 bridgehead atoms. The first-order valence-corrected chi connectivity index (χ1v) is 7.93. The van der Waals surface area contributed by atoms with Gasteiger partial charge in [-0.05, 0) is 41.9 Å². The molecule has 0 aliphatic rings. The van der Waals surface area contributed by atoms with Crippen LogP contribution in [0.4, 0.5) is 5.82 Å². The number of ether oxygens (including phenoxy) is 1. The first-order chi connectivity index (χ1) is 10.6. The molecule has 1 atom stereocenters. The summed E-state index contributed by atoms with van der Waals surface area (Å²) in [6.07, 6.45) is 3.42. The van der Waals surface area contributed by atoms with E-state index in [4.69, 9.17) is 4.74 Å². The van der Waals surface area contributed by atoms with E-state index in [1.165, 1.54) is 6.33 Å². The molecule has 0 saturated carbocycles. The van der Waals surface area contributed by atoms with Crippen LogP contribution in [0, 0.1) is 0 Å². The van der Waals surface area contributed by atoms with Gasteiger partial charge in [0.25, 0.3) is 0 Å². The van der Waals surface area contributed by atoms with Gasteiger partial charge in [-0.25, -0.2) is 9.97 Å². The molecule has 1 unspecified atom stereocenters. The van der Waals surface area contributed by atoms with E-state index in [0.717, 1.165) is 21.8 Å². The quantitative estimate of drug-likeness (QED) is 0.728. The summed E-state index contributed by atoms with van der Waals surface area (Å²) in [5.41, 5.74) is 1.90. The number of anilines is 1. The van der Waals surface area contributed by atoms with Crippen molar-refractivity contribution < 1.29 is 4.74 Å². The summed E-state index contributed by atoms with van der Waals surface area (Å²) in [5.74, 6) is 0.749. The summed E-state index contributed by atoms with van der Waals surface area (Å²) in [7, 11) is 0. The summed E-state index contributed by atoms with van der Waals surface area (Å²) < 4.78 is 8.22. The van der Waals surface area contributed by atoms with Crippen LogP contribution >= 0.6 is 15.9 Å². The number of rotatable bonds is 8. The van der Waals surface area contributed by atoms with Crippen molar-refractivity contribution in [2.45, 2.75) is 33.0 Å². The first-order valence-electron chi connectivity index (χ1n) is 7.14. The number of hydrogen-bond acceptors (Lipinski definition) is 5. The van der Waals surface area contributed by atoms with Crippen LogP contribution in [-0.2, 0) is 17.8 Å². The number of nitrogens with one attached hydrogen (secondary N) is 1. The Morgan fingerprint density at radius 3 is 2.95 bits per heavy atom. The molecule has 0 fully saturated rings. The predicted molar refractivity (Wildman–Crippen MR) is 90.5 cm³/mol. The fourth-order valence-electron chi connectivity index (χ4n) is 2.08. The minimum atomic E-state index is 0.113. The topological polar surface area (TPSA) is 64.9 Å². The smallest absolute Gasteiger partial charge is 0.130 e. The maximum Gasteiger partial charge on any atom is 0.130 e. The molecule has 0 saturated heterocycles. The maximum absolute atomic E-state index is 5.56. The Kier molecular flexibility index (Phi) is 6.09. The number of aromatic nitrogens is 4. The molecule has 0 amide bonds. The van der Waals surface area contributed by atoms with Gasteiger partial charge < -0.3 is 10.1 Å². The van der Waals surface area contributed by atoms with E-state index >= 15 is 0 Å². The predicted octanol–water partition coefficient (Wildman–Crippen LogP) is 3.12. The summed E-state index contributed by atoms with van der Waals surface area (Å²) in [6, 6.07) is 3.83. The van der Waals surface area contributed by atoms with Crippen LogP contribution in [0.2, 0.25) is 0 Å². The average Bonchev–Trinajstić information content (AvgIpc) is 2.87. The molecule has 118 valence electrons. The zero-order chi connectivity index (χ0) is 15.9. The van der Waals surface area contributed by atoms with Gasteiger partial charge in [0, 0.05) is 12.7 Å². The lowest BCUT2D eigenvalue weighted by atomic mass is 10.3. The average molecular weight is 366 g/mol. The minimum absolute atomic E-state index is 0.113. The van der Waals surface area contributed by atoms with Crippen LogP contribution in [0.25, 0.3) is 6.08 Å². The van der Waals surface area contributed by atoms with Crippen molar-refractivity contribution in [2.75, 3.05) is 11.9 Å². The SMILES string of the molecule is C=Cc1cc(CNc2cc(Br)ncn2)nn1CC(C)OCC.